The van der Waals surface area contributed by atoms with E-state index in [1.54, 1.807) is 19.1 Å². The zero-order chi connectivity index (χ0) is 16.2. The minimum atomic E-state index is -1.33. The van der Waals surface area contributed by atoms with Gasteiger partial charge in [0.25, 0.3) is 0 Å². The zero-order valence-corrected chi connectivity index (χ0v) is 12.5. The van der Waals surface area contributed by atoms with Crippen LogP contribution in [0.5, 0.6) is 5.75 Å². The zero-order valence-electron chi connectivity index (χ0n) is 12.5. The molecule has 0 aromatic heterocycles. The molecule has 0 aliphatic carbocycles. The molecule has 21 heavy (non-hydrogen) atoms. The summed E-state index contributed by atoms with van der Waals surface area (Å²) in [5.74, 6) is -1.01. The minimum absolute atomic E-state index is 0.0674. The van der Waals surface area contributed by atoms with Gasteiger partial charge >= 0.3 is 11.7 Å². The number of aryl methyl sites for hydroxylation is 1. The fourth-order valence-corrected chi connectivity index (χ4v) is 2.01. The maximum absolute atomic E-state index is 11.4. The van der Waals surface area contributed by atoms with Crippen LogP contribution in [0.1, 0.15) is 26.3 Å². The molecular weight excluding hydrogens is 276 g/mol. The Morgan fingerprint density at radius 1 is 1.52 bits per heavy atom. The lowest BCUT2D eigenvalue weighted by Crippen LogP contribution is -2.56. The fourth-order valence-electron chi connectivity index (χ4n) is 2.01. The Balaban J connectivity index is 2.99. The molecule has 7 heteroatoms. The maximum Gasteiger partial charge on any atom is 0.327 e. The monoisotopic (exact) mass is 296 g/mol. The van der Waals surface area contributed by atoms with Crippen LogP contribution in [0.2, 0.25) is 0 Å². The standard InChI is InChI=1S/C14H20N2O5/c1-9(2)15-14(4,13(17)18)8-21-11-7-5-6-10(3)12(11)16(19)20/h5-7,9,15H,8H2,1-4H3,(H,17,18). The lowest BCUT2D eigenvalue weighted by molar-refractivity contribution is -0.386. The summed E-state index contributed by atoms with van der Waals surface area (Å²) >= 11 is 0. The van der Waals surface area contributed by atoms with Crippen LogP contribution in [0, 0.1) is 17.0 Å². The molecule has 116 valence electrons. The Labute approximate surface area is 123 Å². The molecule has 0 aliphatic rings. The van der Waals surface area contributed by atoms with Crippen molar-refractivity contribution in [1.82, 2.24) is 5.32 Å². The number of hydrogen-bond acceptors (Lipinski definition) is 5. The van der Waals surface area contributed by atoms with Crippen LogP contribution in [-0.4, -0.2) is 34.2 Å². The van der Waals surface area contributed by atoms with E-state index < -0.39 is 16.4 Å². The number of para-hydroxylation sites is 1. The van der Waals surface area contributed by atoms with E-state index in [2.05, 4.69) is 5.32 Å². The lowest BCUT2D eigenvalue weighted by Gasteiger charge is -2.28. The van der Waals surface area contributed by atoms with E-state index in [1.165, 1.54) is 13.0 Å². The molecule has 1 aromatic carbocycles. The third kappa shape index (κ3) is 4.16. The summed E-state index contributed by atoms with van der Waals surface area (Å²) < 4.78 is 5.42. The third-order valence-electron chi connectivity index (χ3n) is 2.98. The van der Waals surface area contributed by atoms with Gasteiger partial charge in [0.2, 0.25) is 0 Å². The molecule has 0 saturated carbocycles. The van der Waals surface area contributed by atoms with Gasteiger partial charge in [-0.2, -0.15) is 0 Å². The summed E-state index contributed by atoms with van der Waals surface area (Å²) in [5.41, 5.74) is -1.01. The topological polar surface area (TPSA) is 102 Å². The Kier molecular flexibility index (Phi) is 5.26. The first kappa shape index (κ1) is 16.9. The normalized spacial score (nSPS) is 13.8. The molecule has 0 amide bonds. The van der Waals surface area contributed by atoms with Crippen molar-refractivity contribution < 1.29 is 19.6 Å². The highest BCUT2D eigenvalue weighted by Gasteiger charge is 2.35. The summed E-state index contributed by atoms with van der Waals surface area (Å²) in [6, 6.07) is 4.63. The number of ether oxygens (including phenoxy) is 1. The molecule has 7 nitrogen and oxygen atoms in total. The number of nitrogens with zero attached hydrogens (tertiary/aromatic N) is 1. The van der Waals surface area contributed by atoms with Gasteiger partial charge in [0, 0.05) is 11.6 Å². The molecule has 2 N–H and O–H groups in total. The first-order chi connectivity index (χ1) is 9.67. The van der Waals surface area contributed by atoms with E-state index in [0.29, 0.717) is 5.56 Å². The molecule has 0 spiro atoms. The van der Waals surface area contributed by atoms with Crippen LogP contribution in [0.4, 0.5) is 5.69 Å². The number of nitrogens with one attached hydrogen (secondary N) is 1. The van der Waals surface area contributed by atoms with E-state index in [9.17, 15) is 20.0 Å². The highest BCUT2D eigenvalue weighted by atomic mass is 16.6. The summed E-state index contributed by atoms with van der Waals surface area (Å²) in [5, 5.41) is 23.3. The van der Waals surface area contributed by atoms with Crippen LogP contribution in [0.15, 0.2) is 18.2 Å². The van der Waals surface area contributed by atoms with Gasteiger partial charge in [0.15, 0.2) is 5.75 Å². The van der Waals surface area contributed by atoms with Crippen LogP contribution in [0.25, 0.3) is 0 Å². The lowest BCUT2D eigenvalue weighted by atomic mass is 10.0. The summed E-state index contributed by atoms with van der Waals surface area (Å²) in [6.07, 6.45) is 0. The van der Waals surface area contributed by atoms with Gasteiger partial charge in [-0.25, -0.2) is 0 Å². The van der Waals surface area contributed by atoms with Crippen molar-refractivity contribution in [2.45, 2.75) is 39.3 Å². The van der Waals surface area contributed by atoms with Gasteiger partial charge in [0.05, 0.1) is 4.92 Å². The number of carbonyl (C=O) groups is 1. The first-order valence-electron chi connectivity index (χ1n) is 6.55. The van der Waals surface area contributed by atoms with E-state index in [0.717, 1.165) is 0 Å². The fraction of sp³-hybridized carbons (Fsp3) is 0.500. The van der Waals surface area contributed by atoms with Gasteiger partial charge in [-0.15, -0.1) is 0 Å². The summed E-state index contributed by atoms with van der Waals surface area (Å²) in [7, 11) is 0. The first-order valence-corrected chi connectivity index (χ1v) is 6.55. The van der Waals surface area contributed by atoms with E-state index in [4.69, 9.17) is 4.74 Å². The summed E-state index contributed by atoms with van der Waals surface area (Å²) in [6.45, 7) is 6.50. The highest BCUT2D eigenvalue weighted by molar-refractivity contribution is 5.78. The Bertz CT molecular complexity index is 544. The van der Waals surface area contributed by atoms with E-state index in [1.807, 2.05) is 13.8 Å². The number of hydrogen-bond donors (Lipinski definition) is 2. The molecule has 1 atom stereocenters. The van der Waals surface area contributed by atoms with Crippen molar-refractivity contribution >= 4 is 11.7 Å². The van der Waals surface area contributed by atoms with Crippen LogP contribution in [-0.2, 0) is 4.79 Å². The molecule has 0 aliphatic heterocycles. The molecule has 1 aromatic rings. The molecule has 1 rings (SSSR count). The number of carboxylic acids is 1. The van der Waals surface area contributed by atoms with Gasteiger partial charge in [0.1, 0.15) is 12.1 Å². The van der Waals surface area contributed by atoms with E-state index in [-0.39, 0.29) is 24.1 Å². The van der Waals surface area contributed by atoms with Crippen molar-refractivity contribution in [3.05, 3.63) is 33.9 Å². The van der Waals surface area contributed by atoms with Crippen molar-refractivity contribution in [1.29, 1.82) is 0 Å². The average molecular weight is 296 g/mol. The summed E-state index contributed by atoms with van der Waals surface area (Å²) in [4.78, 5) is 21.9. The second kappa shape index (κ2) is 6.53. The average Bonchev–Trinajstić information content (AvgIpc) is 2.34. The van der Waals surface area contributed by atoms with Crippen molar-refractivity contribution in [2.75, 3.05) is 6.61 Å². The number of benzene rings is 1. The predicted octanol–water partition coefficient (Wildman–Crippen LogP) is 2.12. The van der Waals surface area contributed by atoms with Crippen molar-refractivity contribution in [2.24, 2.45) is 0 Å². The van der Waals surface area contributed by atoms with Crippen LogP contribution < -0.4 is 10.1 Å². The van der Waals surface area contributed by atoms with Crippen molar-refractivity contribution in [3.63, 3.8) is 0 Å². The van der Waals surface area contributed by atoms with Crippen molar-refractivity contribution in [3.8, 4) is 5.75 Å². The van der Waals surface area contributed by atoms with Gasteiger partial charge in [-0.05, 0) is 33.8 Å². The molecular formula is C14H20N2O5. The molecule has 0 bridgehead atoms. The molecule has 1 unspecified atom stereocenters. The number of nitro groups is 1. The Morgan fingerprint density at radius 3 is 2.62 bits per heavy atom. The van der Waals surface area contributed by atoms with Gasteiger partial charge < -0.3 is 9.84 Å². The number of carboxylic acid groups (broad SMARTS) is 1. The Morgan fingerprint density at radius 2 is 2.14 bits per heavy atom. The SMILES string of the molecule is Cc1cccc(OCC(C)(NC(C)C)C(=O)O)c1[N+](=O)[O-]. The quantitative estimate of drug-likeness (QED) is 0.590. The molecule has 0 saturated heterocycles. The number of nitro benzene ring substituents is 1. The number of rotatable bonds is 7. The molecule has 0 radical (unpaired) electrons. The second-order valence-corrected chi connectivity index (χ2v) is 5.40. The van der Waals surface area contributed by atoms with Crippen LogP contribution in [0.3, 0.4) is 0 Å². The number of aliphatic carboxylic acids is 1. The minimum Gasteiger partial charge on any atom is -0.484 e. The second-order valence-electron chi connectivity index (χ2n) is 5.40. The third-order valence-corrected chi connectivity index (χ3v) is 2.98. The smallest absolute Gasteiger partial charge is 0.327 e. The molecule has 0 fully saturated rings. The molecule has 0 heterocycles. The van der Waals surface area contributed by atoms with E-state index >= 15 is 0 Å². The highest BCUT2D eigenvalue weighted by Crippen LogP contribution is 2.30. The largest absolute Gasteiger partial charge is 0.484 e. The van der Waals surface area contributed by atoms with Crippen LogP contribution >= 0.6 is 0 Å². The van der Waals surface area contributed by atoms with Gasteiger partial charge in [-0.3, -0.25) is 20.2 Å². The van der Waals surface area contributed by atoms with Gasteiger partial charge in [-0.1, -0.05) is 12.1 Å². The maximum atomic E-state index is 11.4. The predicted molar refractivity (Wildman–Crippen MR) is 77.6 cm³/mol. The Hall–Kier alpha value is -2.15.